The molecule has 1 atom stereocenters. The number of carboxylic acids is 1. The second-order valence-electron chi connectivity index (χ2n) is 10.2. The Morgan fingerprint density at radius 3 is 2.46 bits per heavy atom. The van der Waals surface area contributed by atoms with E-state index in [1.165, 1.54) is 0 Å². The molecule has 0 aliphatic carbocycles. The number of carboxylic acid groups (broad SMARTS) is 1. The number of benzene rings is 3. The lowest BCUT2D eigenvalue weighted by Crippen LogP contribution is -2.37. The number of hydrogen-bond donors (Lipinski definition) is 3. The lowest BCUT2D eigenvalue weighted by molar-refractivity contribution is 0.0697. The van der Waals surface area contributed by atoms with Crippen molar-refractivity contribution in [2.45, 2.75) is 52.6 Å². The molecule has 0 spiro atoms. The molecule has 1 aromatic heterocycles. The third-order valence-electron chi connectivity index (χ3n) is 6.70. The SMILES string of the molecule is CCCc1nc2c(Cl)cc(C(=O)N[C@@H](CS)CC(C)C)cc2n1Cc1ccc(-c2ccccc2C(=O)O)cc1. The predicted molar refractivity (Wildman–Crippen MR) is 161 cm³/mol. The fourth-order valence-electron chi connectivity index (χ4n) is 4.86. The molecule has 0 radical (unpaired) electrons. The number of nitrogens with zero attached hydrogens (tertiary/aromatic N) is 2. The van der Waals surface area contributed by atoms with Gasteiger partial charge in [0.1, 0.15) is 11.3 Å². The number of aromatic carboxylic acids is 1. The van der Waals surface area contributed by atoms with Crippen LogP contribution in [0, 0.1) is 5.92 Å². The Bertz CT molecular complexity index is 1480. The van der Waals surface area contributed by atoms with Crippen LogP contribution in [0.5, 0.6) is 0 Å². The monoisotopic (exact) mass is 563 g/mol. The highest BCUT2D eigenvalue weighted by molar-refractivity contribution is 7.80. The predicted octanol–water partition coefficient (Wildman–Crippen LogP) is 7.13. The highest BCUT2D eigenvalue weighted by atomic mass is 35.5. The summed E-state index contributed by atoms with van der Waals surface area (Å²) in [5.74, 6) is 0.775. The Morgan fingerprint density at radius 2 is 1.82 bits per heavy atom. The molecule has 3 aromatic carbocycles. The molecule has 0 fully saturated rings. The van der Waals surface area contributed by atoms with Gasteiger partial charge in [-0.3, -0.25) is 4.79 Å². The normalized spacial score (nSPS) is 12.2. The summed E-state index contributed by atoms with van der Waals surface area (Å²) in [5, 5.41) is 13.1. The quantitative estimate of drug-likeness (QED) is 0.169. The van der Waals surface area contributed by atoms with Crippen molar-refractivity contribution in [2.75, 3.05) is 5.75 Å². The number of halogens is 1. The molecule has 2 N–H and O–H groups in total. The van der Waals surface area contributed by atoms with Crippen molar-refractivity contribution in [3.8, 4) is 11.1 Å². The number of aryl methyl sites for hydroxylation is 1. The summed E-state index contributed by atoms with van der Waals surface area (Å²) in [7, 11) is 0. The summed E-state index contributed by atoms with van der Waals surface area (Å²) in [6, 6.07) is 18.4. The van der Waals surface area contributed by atoms with E-state index < -0.39 is 5.97 Å². The van der Waals surface area contributed by atoms with E-state index in [9.17, 15) is 14.7 Å². The van der Waals surface area contributed by atoms with Crippen LogP contribution >= 0.6 is 24.2 Å². The molecule has 6 nitrogen and oxygen atoms in total. The maximum Gasteiger partial charge on any atom is 0.336 e. The molecule has 4 aromatic rings. The van der Waals surface area contributed by atoms with Crippen molar-refractivity contribution in [2.24, 2.45) is 5.92 Å². The molecule has 0 bridgehead atoms. The number of rotatable bonds is 11. The first-order valence-corrected chi connectivity index (χ1v) is 14.2. The molecule has 0 aliphatic heterocycles. The van der Waals surface area contributed by atoms with Crippen LogP contribution in [-0.4, -0.2) is 38.3 Å². The number of fused-ring (bicyclic) bond motifs is 1. The Balaban J connectivity index is 1.68. The molecule has 1 heterocycles. The molecule has 0 saturated carbocycles. The highest BCUT2D eigenvalue weighted by Crippen LogP contribution is 2.29. The van der Waals surface area contributed by atoms with Gasteiger partial charge < -0.3 is 15.0 Å². The Hall–Kier alpha value is -3.29. The van der Waals surface area contributed by atoms with Gasteiger partial charge in [-0.25, -0.2) is 9.78 Å². The largest absolute Gasteiger partial charge is 0.478 e. The van der Waals surface area contributed by atoms with Crippen LogP contribution in [0.1, 0.15) is 65.7 Å². The number of imidazole rings is 1. The van der Waals surface area contributed by atoms with Crippen LogP contribution in [0.15, 0.2) is 60.7 Å². The average Bonchev–Trinajstić information content (AvgIpc) is 3.26. The van der Waals surface area contributed by atoms with Gasteiger partial charge >= 0.3 is 5.97 Å². The van der Waals surface area contributed by atoms with Crippen LogP contribution in [-0.2, 0) is 13.0 Å². The highest BCUT2D eigenvalue weighted by Gasteiger charge is 2.19. The van der Waals surface area contributed by atoms with Gasteiger partial charge in [0.2, 0.25) is 0 Å². The minimum Gasteiger partial charge on any atom is -0.478 e. The van der Waals surface area contributed by atoms with E-state index in [0.29, 0.717) is 39.9 Å². The first kappa shape index (κ1) is 28.7. The van der Waals surface area contributed by atoms with Crippen LogP contribution in [0.25, 0.3) is 22.2 Å². The fraction of sp³-hybridized carbons (Fsp3) is 0.323. The standard InChI is InChI=1S/C31H34ClN3O3S/c1-4-7-28-34-29-26(32)15-22(30(36)33-23(18-39)14-19(2)3)16-27(29)35(28)17-20-10-12-21(13-11-20)24-8-5-6-9-25(24)31(37)38/h5-6,8-13,15-16,19,23,39H,4,7,14,17-18H2,1-3H3,(H,33,36)(H,37,38)/t23-/m1/s1. The van der Waals surface area contributed by atoms with Gasteiger partial charge in [0, 0.05) is 30.3 Å². The molecular formula is C31H34ClN3O3S. The van der Waals surface area contributed by atoms with Crippen LogP contribution in [0.3, 0.4) is 0 Å². The van der Waals surface area contributed by atoms with Crippen molar-refractivity contribution >= 4 is 47.1 Å². The summed E-state index contributed by atoms with van der Waals surface area (Å²) >= 11 is 11.1. The van der Waals surface area contributed by atoms with Crippen LogP contribution < -0.4 is 5.32 Å². The Labute approximate surface area is 239 Å². The zero-order valence-electron chi connectivity index (χ0n) is 22.4. The molecule has 39 heavy (non-hydrogen) atoms. The second kappa shape index (κ2) is 12.7. The maximum atomic E-state index is 13.2. The van der Waals surface area contributed by atoms with Crippen molar-refractivity contribution in [3.63, 3.8) is 0 Å². The van der Waals surface area contributed by atoms with Gasteiger partial charge in [-0.2, -0.15) is 12.6 Å². The lowest BCUT2D eigenvalue weighted by Gasteiger charge is -2.19. The van der Waals surface area contributed by atoms with E-state index in [-0.39, 0.29) is 17.5 Å². The smallest absolute Gasteiger partial charge is 0.336 e. The Morgan fingerprint density at radius 1 is 1.10 bits per heavy atom. The minimum atomic E-state index is -0.953. The van der Waals surface area contributed by atoms with Crippen LogP contribution in [0.4, 0.5) is 0 Å². The summed E-state index contributed by atoms with van der Waals surface area (Å²) in [4.78, 5) is 29.7. The number of carbonyl (C=O) groups is 2. The topological polar surface area (TPSA) is 84.2 Å². The van der Waals surface area contributed by atoms with E-state index in [4.69, 9.17) is 16.6 Å². The average molecular weight is 564 g/mol. The van der Waals surface area contributed by atoms with Crippen molar-refractivity contribution < 1.29 is 14.7 Å². The van der Waals surface area contributed by atoms with Crippen molar-refractivity contribution in [3.05, 3.63) is 88.2 Å². The van der Waals surface area contributed by atoms with Gasteiger partial charge in [-0.15, -0.1) is 0 Å². The number of aromatic nitrogens is 2. The lowest BCUT2D eigenvalue weighted by atomic mass is 9.99. The van der Waals surface area contributed by atoms with Gasteiger partial charge in [-0.1, -0.05) is 74.8 Å². The first-order valence-electron chi connectivity index (χ1n) is 13.2. The Kier molecular flexibility index (Phi) is 9.36. The molecule has 0 saturated heterocycles. The van der Waals surface area contributed by atoms with Crippen LogP contribution in [0.2, 0.25) is 5.02 Å². The van der Waals surface area contributed by atoms with Gasteiger partial charge in [-0.05, 0) is 53.6 Å². The summed E-state index contributed by atoms with van der Waals surface area (Å²) in [6.45, 7) is 6.89. The molecule has 4 rings (SSSR count). The number of amides is 1. The van der Waals surface area contributed by atoms with Gasteiger partial charge in [0.25, 0.3) is 5.91 Å². The van der Waals surface area contributed by atoms with E-state index >= 15 is 0 Å². The third kappa shape index (κ3) is 6.65. The van der Waals surface area contributed by atoms with E-state index in [0.717, 1.165) is 41.7 Å². The van der Waals surface area contributed by atoms with Gasteiger partial charge in [0.15, 0.2) is 0 Å². The number of nitrogens with one attached hydrogen (secondary N) is 1. The number of thiol groups is 1. The molecule has 204 valence electrons. The maximum absolute atomic E-state index is 13.2. The van der Waals surface area contributed by atoms with E-state index in [1.54, 1.807) is 18.2 Å². The summed E-state index contributed by atoms with van der Waals surface area (Å²) < 4.78 is 2.12. The summed E-state index contributed by atoms with van der Waals surface area (Å²) in [5.41, 5.74) is 4.79. The number of hydrogen-bond acceptors (Lipinski definition) is 4. The molecule has 0 aliphatic rings. The first-order chi connectivity index (χ1) is 18.7. The third-order valence-corrected chi connectivity index (χ3v) is 7.43. The molecule has 8 heteroatoms. The second-order valence-corrected chi connectivity index (χ2v) is 11.0. The summed E-state index contributed by atoms with van der Waals surface area (Å²) in [6.07, 6.45) is 2.53. The zero-order chi connectivity index (χ0) is 28.1. The van der Waals surface area contributed by atoms with E-state index in [2.05, 4.69) is 43.3 Å². The molecule has 1 amide bonds. The minimum absolute atomic E-state index is 0.0272. The van der Waals surface area contributed by atoms with Gasteiger partial charge in [0.05, 0.1) is 16.1 Å². The van der Waals surface area contributed by atoms with Crippen molar-refractivity contribution in [1.29, 1.82) is 0 Å². The fourth-order valence-corrected chi connectivity index (χ4v) is 5.36. The molecular weight excluding hydrogens is 530 g/mol. The van der Waals surface area contributed by atoms with E-state index in [1.807, 2.05) is 42.5 Å². The zero-order valence-corrected chi connectivity index (χ0v) is 24.1. The number of carbonyl (C=O) groups excluding carboxylic acids is 1. The van der Waals surface area contributed by atoms with Crippen molar-refractivity contribution in [1.82, 2.24) is 14.9 Å². The molecule has 0 unspecified atom stereocenters.